The first-order chi connectivity index (χ1) is 10.0. The monoisotopic (exact) mass is 323 g/mol. The molecule has 1 aromatic carbocycles. The fourth-order valence-electron chi connectivity index (χ4n) is 5.62. The maximum atomic E-state index is 10.4. The first kappa shape index (κ1) is 16.1. The molecule has 22 heavy (non-hydrogen) atoms. The highest BCUT2D eigenvalue weighted by Gasteiger charge is 2.55. The molecule has 4 N–H and O–H groups in total. The van der Waals surface area contributed by atoms with E-state index in [0.717, 1.165) is 37.7 Å². The average molecular weight is 324 g/mol. The van der Waals surface area contributed by atoms with Crippen LogP contribution in [0.3, 0.4) is 0 Å². The van der Waals surface area contributed by atoms with Crippen molar-refractivity contribution in [3.8, 4) is 5.75 Å². The Hall–Kier alpha value is -0.770. The van der Waals surface area contributed by atoms with Crippen molar-refractivity contribution in [2.45, 2.75) is 57.1 Å². The van der Waals surface area contributed by atoms with Gasteiger partial charge in [-0.05, 0) is 78.5 Å². The number of aliphatic hydroxyl groups excluding tert-OH is 1. The number of aliphatic hydroxyl groups is 1. The van der Waals surface area contributed by atoms with Gasteiger partial charge < -0.3 is 15.9 Å². The summed E-state index contributed by atoms with van der Waals surface area (Å²) < 4.78 is 0. The smallest absolute Gasteiger partial charge is 0.115 e. The third-order valence-electron chi connectivity index (χ3n) is 6.78. The van der Waals surface area contributed by atoms with Crippen LogP contribution in [0.5, 0.6) is 5.75 Å². The van der Waals surface area contributed by atoms with Crippen molar-refractivity contribution >= 4 is 12.4 Å². The van der Waals surface area contributed by atoms with Crippen LogP contribution in [-0.4, -0.2) is 16.3 Å². The summed E-state index contributed by atoms with van der Waals surface area (Å²) in [4.78, 5) is 0. The molecule has 4 rings (SSSR count). The molecule has 3 nitrogen and oxygen atoms in total. The van der Waals surface area contributed by atoms with Crippen LogP contribution in [0.1, 0.15) is 62.1 Å². The van der Waals surface area contributed by atoms with Crippen molar-refractivity contribution in [1.82, 2.24) is 0 Å². The number of benzene rings is 1. The van der Waals surface area contributed by atoms with Crippen LogP contribution in [-0.2, 0) is 0 Å². The SMILES string of the molecule is C[C@]12CCC3c4ccc(O)cc4[C@H](N)CC3C1CC[C@@H]2O.Cl. The molecule has 3 unspecified atom stereocenters. The average Bonchev–Trinajstić information content (AvgIpc) is 2.76. The summed E-state index contributed by atoms with van der Waals surface area (Å²) in [5.41, 5.74) is 8.99. The predicted molar refractivity (Wildman–Crippen MR) is 89.2 cm³/mol. The molecule has 1 aromatic rings. The summed E-state index contributed by atoms with van der Waals surface area (Å²) in [5, 5.41) is 20.1. The fourth-order valence-corrected chi connectivity index (χ4v) is 5.62. The Morgan fingerprint density at radius 3 is 2.73 bits per heavy atom. The van der Waals surface area contributed by atoms with E-state index in [2.05, 4.69) is 13.0 Å². The molecule has 122 valence electrons. The van der Waals surface area contributed by atoms with E-state index in [4.69, 9.17) is 5.73 Å². The summed E-state index contributed by atoms with van der Waals surface area (Å²) in [5.74, 6) is 2.07. The molecule has 2 fully saturated rings. The van der Waals surface area contributed by atoms with E-state index in [9.17, 15) is 10.2 Å². The molecule has 0 spiro atoms. The van der Waals surface area contributed by atoms with Crippen LogP contribution in [0.4, 0.5) is 0 Å². The molecule has 4 heteroatoms. The van der Waals surface area contributed by atoms with Gasteiger partial charge in [0, 0.05) is 6.04 Å². The molecule has 0 saturated heterocycles. The highest BCUT2D eigenvalue weighted by Crippen LogP contribution is 2.61. The van der Waals surface area contributed by atoms with Crippen molar-refractivity contribution in [3.05, 3.63) is 29.3 Å². The minimum Gasteiger partial charge on any atom is -0.508 e. The van der Waals surface area contributed by atoms with E-state index in [-0.39, 0.29) is 30.0 Å². The van der Waals surface area contributed by atoms with Gasteiger partial charge in [-0.3, -0.25) is 0 Å². The second-order valence-corrected chi connectivity index (χ2v) is 7.67. The van der Waals surface area contributed by atoms with Gasteiger partial charge in [-0.25, -0.2) is 0 Å². The lowest BCUT2D eigenvalue weighted by molar-refractivity contribution is -0.0248. The third-order valence-corrected chi connectivity index (χ3v) is 6.78. The molecular formula is C18H26ClNO2. The lowest BCUT2D eigenvalue weighted by Gasteiger charge is -2.51. The van der Waals surface area contributed by atoms with Crippen molar-refractivity contribution in [3.63, 3.8) is 0 Å². The molecule has 3 aliphatic rings. The molecule has 0 bridgehead atoms. The topological polar surface area (TPSA) is 66.5 Å². The zero-order valence-electron chi connectivity index (χ0n) is 13.0. The third kappa shape index (κ3) is 2.10. The van der Waals surface area contributed by atoms with Crippen molar-refractivity contribution in [1.29, 1.82) is 0 Å². The highest BCUT2D eigenvalue weighted by atomic mass is 35.5. The number of phenolic OH excluding ortho intramolecular Hbond substituents is 1. The predicted octanol–water partition coefficient (Wildman–Crippen LogP) is 3.49. The number of nitrogens with two attached hydrogens (primary N) is 1. The first-order valence-corrected chi connectivity index (χ1v) is 8.27. The molecule has 3 aliphatic carbocycles. The molecule has 6 atom stereocenters. The second-order valence-electron chi connectivity index (χ2n) is 7.67. The van der Waals surface area contributed by atoms with Gasteiger partial charge in [0.25, 0.3) is 0 Å². The summed E-state index contributed by atoms with van der Waals surface area (Å²) in [6, 6.07) is 5.75. The Bertz CT molecular complexity index is 578. The quantitative estimate of drug-likeness (QED) is 0.684. The normalized spacial score (nSPS) is 42.8. The van der Waals surface area contributed by atoms with Gasteiger partial charge in [0.1, 0.15) is 5.75 Å². The number of fused-ring (bicyclic) bond motifs is 5. The van der Waals surface area contributed by atoms with E-state index in [1.807, 2.05) is 6.07 Å². The number of halogens is 1. The maximum Gasteiger partial charge on any atom is 0.115 e. The van der Waals surface area contributed by atoms with Crippen LogP contribution in [0, 0.1) is 17.3 Å². The Balaban J connectivity index is 0.00000144. The second kappa shape index (κ2) is 5.40. The summed E-state index contributed by atoms with van der Waals surface area (Å²) in [6.45, 7) is 2.28. The van der Waals surface area contributed by atoms with E-state index < -0.39 is 0 Å². The Labute approximate surface area is 138 Å². The highest BCUT2D eigenvalue weighted by molar-refractivity contribution is 5.85. The standard InChI is InChI=1S/C18H25NO2.ClH/c1-18-7-6-12-11-3-2-10(20)8-14(11)16(19)9-13(12)15(18)4-5-17(18)21;/h2-3,8,12-13,15-17,20-21H,4-7,9,19H2,1H3;1H/t12?,13?,15?,16-,17+,18+;/m1./s1. The number of hydrogen-bond acceptors (Lipinski definition) is 3. The molecule has 0 heterocycles. The van der Waals surface area contributed by atoms with Gasteiger partial charge in [-0.2, -0.15) is 0 Å². The largest absolute Gasteiger partial charge is 0.508 e. The van der Waals surface area contributed by atoms with Crippen LogP contribution < -0.4 is 5.73 Å². The van der Waals surface area contributed by atoms with Crippen molar-refractivity contribution in [2.24, 2.45) is 23.0 Å². The first-order valence-electron chi connectivity index (χ1n) is 8.27. The summed E-state index contributed by atoms with van der Waals surface area (Å²) >= 11 is 0. The molecular weight excluding hydrogens is 298 g/mol. The number of rotatable bonds is 0. The number of aromatic hydroxyl groups is 1. The van der Waals surface area contributed by atoms with E-state index in [1.165, 1.54) is 5.56 Å². The van der Waals surface area contributed by atoms with Gasteiger partial charge in [-0.1, -0.05) is 13.0 Å². The molecule has 0 aliphatic heterocycles. The van der Waals surface area contributed by atoms with Gasteiger partial charge >= 0.3 is 0 Å². The number of phenols is 1. The zero-order valence-corrected chi connectivity index (χ0v) is 13.9. The molecule has 2 saturated carbocycles. The van der Waals surface area contributed by atoms with Crippen LogP contribution in [0.2, 0.25) is 0 Å². The van der Waals surface area contributed by atoms with Crippen molar-refractivity contribution < 1.29 is 10.2 Å². The number of hydrogen-bond donors (Lipinski definition) is 3. The van der Waals surface area contributed by atoms with Gasteiger partial charge in [0.2, 0.25) is 0 Å². The Morgan fingerprint density at radius 2 is 1.95 bits per heavy atom. The van der Waals surface area contributed by atoms with Crippen LogP contribution >= 0.6 is 12.4 Å². The Kier molecular flexibility index (Phi) is 3.95. The van der Waals surface area contributed by atoms with Gasteiger partial charge in [0.15, 0.2) is 0 Å². The minimum absolute atomic E-state index is 0. The van der Waals surface area contributed by atoms with Gasteiger partial charge in [0.05, 0.1) is 6.10 Å². The molecule has 0 radical (unpaired) electrons. The molecule has 0 amide bonds. The van der Waals surface area contributed by atoms with E-state index >= 15 is 0 Å². The maximum absolute atomic E-state index is 10.4. The Morgan fingerprint density at radius 1 is 1.18 bits per heavy atom. The van der Waals surface area contributed by atoms with Crippen LogP contribution in [0.25, 0.3) is 0 Å². The summed E-state index contributed by atoms with van der Waals surface area (Å²) in [6.07, 6.45) is 5.19. The summed E-state index contributed by atoms with van der Waals surface area (Å²) in [7, 11) is 0. The fraction of sp³-hybridized carbons (Fsp3) is 0.667. The van der Waals surface area contributed by atoms with Crippen LogP contribution in [0.15, 0.2) is 18.2 Å². The van der Waals surface area contributed by atoms with Crippen molar-refractivity contribution in [2.75, 3.05) is 0 Å². The van der Waals surface area contributed by atoms with E-state index in [0.29, 0.717) is 23.5 Å². The zero-order chi connectivity index (χ0) is 14.8. The lowest BCUT2D eigenvalue weighted by atomic mass is 9.55. The lowest BCUT2D eigenvalue weighted by Crippen LogP contribution is -2.45. The van der Waals surface area contributed by atoms with E-state index in [1.54, 1.807) is 6.07 Å². The molecule has 0 aromatic heterocycles. The van der Waals surface area contributed by atoms with Gasteiger partial charge in [-0.15, -0.1) is 12.4 Å². The minimum atomic E-state index is -0.138.